The van der Waals surface area contributed by atoms with Gasteiger partial charge in [-0.05, 0) is 60.2 Å². The highest BCUT2D eigenvalue weighted by Crippen LogP contribution is 2.35. The van der Waals surface area contributed by atoms with E-state index in [4.69, 9.17) is 11.6 Å². The van der Waals surface area contributed by atoms with E-state index < -0.39 is 23.1 Å². The number of ketones is 1. The highest BCUT2D eigenvalue weighted by molar-refractivity contribution is 6.31. The van der Waals surface area contributed by atoms with Gasteiger partial charge in [0.05, 0.1) is 22.2 Å². The van der Waals surface area contributed by atoms with E-state index in [2.05, 4.69) is 15.0 Å². The Morgan fingerprint density at radius 2 is 1.69 bits per heavy atom. The van der Waals surface area contributed by atoms with Crippen LogP contribution in [0.15, 0.2) is 77.6 Å². The smallest absolute Gasteiger partial charge is 0.338 e. The Labute approximate surface area is 200 Å². The summed E-state index contributed by atoms with van der Waals surface area (Å²) in [5.74, 6) is -0.223. The van der Waals surface area contributed by atoms with Crippen molar-refractivity contribution in [3.63, 3.8) is 0 Å². The van der Waals surface area contributed by atoms with Crippen molar-refractivity contribution in [3.05, 3.63) is 105 Å². The maximum absolute atomic E-state index is 13.2. The molecule has 0 saturated heterocycles. The van der Waals surface area contributed by atoms with E-state index in [0.717, 1.165) is 17.6 Å². The average Bonchev–Trinajstić information content (AvgIpc) is 3.25. The maximum Gasteiger partial charge on any atom is 0.416 e. The number of nitrogens with one attached hydrogen (secondary N) is 2. The van der Waals surface area contributed by atoms with Gasteiger partial charge in [-0.1, -0.05) is 35.9 Å². The van der Waals surface area contributed by atoms with Crippen LogP contribution >= 0.6 is 11.6 Å². The molecule has 0 atom stereocenters. The first-order valence-electron chi connectivity index (χ1n) is 10.4. The van der Waals surface area contributed by atoms with Crippen LogP contribution in [0, 0.1) is 0 Å². The van der Waals surface area contributed by atoms with Gasteiger partial charge in [-0.2, -0.15) is 13.2 Å². The minimum absolute atomic E-state index is 0.194. The molecule has 5 rings (SSSR count). The summed E-state index contributed by atoms with van der Waals surface area (Å²) in [5.41, 5.74) is 0.626. The van der Waals surface area contributed by atoms with Gasteiger partial charge in [0.1, 0.15) is 5.82 Å². The number of hydrogen-bond donors (Lipinski definition) is 2. The zero-order chi connectivity index (χ0) is 24.7. The zero-order valence-corrected chi connectivity index (χ0v) is 18.5. The largest absolute Gasteiger partial charge is 0.416 e. The summed E-state index contributed by atoms with van der Waals surface area (Å²) in [6.45, 7) is 0. The molecule has 2 N–H and O–H groups in total. The van der Waals surface area contributed by atoms with E-state index in [0.29, 0.717) is 27.3 Å². The van der Waals surface area contributed by atoms with E-state index in [9.17, 15) is 22.8 Å². The topological polar surface area (TPSA) is 78.6 Å². The molecular formula is C26H15ClF3N3O2. The van der Waals surface area contributed by atoms with Gasteiger partial charge in [0.15, 0.2) is 5.78 Å². The molecular weight excluding hydrogens is 479 g/mol. The molecule has 3 aromatic carbocycles. The second-order valence-corrected chi connectivity index (χ2v) is 8.24. The third-order valence-corrected chi connectivity index (χ3v) is 5.76. The van der Waals surface area contributed by atoms with E-state index in [-0.39, 0.29) is 16.7 Å². The van der Waals surface area contributed by atoms with Crippen LogP contribution in [0.2, 0.25) is 5.02 Å². The average molecular weight is 494 g/mol. The van der Waals surface area contributed by atoms with Crippen LogP contribution in [-0.4, -0.2) is 20.7 Å². The summed E-state index contributed by atoms with van der Waals surface area (Å²) >= 11 is 6.16. The van der Waals surface area contributed by atoms with Gasteiger partial charge in [0.25, 0.3) is 5.56 Å². The summed E-state index contributed by atoms with van der Waals surface area (Å²) in [4.78, 5) is 36.3. The number of rotatable bonds is 4. The van der Waals surface area contributed by atoms with E-state index in [1.807, 2.05) is 24.3 Å². The number of carbonyl (C=O) groups excluding carboxylic acids is 1. The number of hydrogen-bond acceptors (Lipinski definition) is 3. The number of imidazole rings is 1. The molecule has 0 aliphatic rings. The lowest BCUT2D eigenvalue weighted by Crippen LogP contribution is -2.18. The van der Waals surface area contributed by atoms with Crippen molar-refractivity contribution in [3.8, 4) is 11.1 Å². The molecule has 5 aromatic rings. The fourth-order valence-electron chi connectivity index (χ4n) is 3.92. The van der Waals surface area contributed by atoms with Crippen LogP contribution in [-0.2, 0) is 6.18 Å². The van der Waals surface area contributed by atoms with Crippen molar-refractivity contribution in [1.29, 1.82) is 0 Å². The van der Waals surface area contributed by atoms with E-state index in [1.165, 1.54) is 24.3 Å². The molecule has 0 fully saturated rings. The van der Waals surface area contributed by atoms with Crippen molar-refractivity contribution >= 4 is 45.4 Å². The molecule has 0 bridgehead atoms. The zero-order valence-electron chi connectivity index (χ0n) is 17.8. The minimum atomic E-state index is -4.52. The first-order valence-corrected chi connectivity index (χ1v) is 10.8. The monoisotopic (exact) mass is 493 g/mol. The molecule has 35 heavy (non-hydrogen) atoms. The standard InChI is InChI=1S/C26H15ClF3N3O2/c27-16-9-10-18-17(13-16)23(14-5-7-15(8-6-14)26(28,29)30)24(25(35)33-18)21(34)11-12-22-31-19-3-1-2-4-20(19)32-22/h1-13H,(H,31,32)(H,33,35). The summed E-state index contributed by atoms with van der Waals surface area (Å²) in [5, 5.41) is 0.770. The Bertz CT molecular complexity index is 1650. The van der Waals surface area contributed by atoms with Crippen molar-refractivity contribution in [2.24, 2.45) is 0 Å². The third-order valence-electron chi connectivity index (χ3n) is 5.52. The van der Waals surface area contributed by atoms with E-state index in [1.54, 1.807) is 18.2 Å². The molecule has 0 aliphatic heterocycles. The number of aromatic nitrogens is 3. The lowest BCUT2D eigenvalue weighted by molar-refractivity contribution is -0.137. The lowest BCUT2D eigenvalue weighted by atomic mass is 9.93. The number of allylic oxidation sites excluding steroid dienone is 1. The van der Waals surface area contributed by atoms with Gasteiger partial charge >= 0.3 is 6.18 Å². The second kappa shape index (κ2) is 8.56. The normalized spacial score (nSPS) is 12.1. The predicted molar refractivity (Wildman–Crippen MR) is 129 cm³/mol. The number of aromatic amines is 2. The number of alkyl halides is 3. The van der Waals surface area contributed by atoms with Gasteiger partial charge in [0, 0.05) is 21.5 Å². The van der Waals surface area contributed by atoms with Gasteiger partial charge < -0.3 is 9.97 Å². The molecule has 2 heterocycles. The number of fused-ring (bicyclic) bond motifs is 2. The van der Waals surface area contributed by atoms with Crippen molar-refractivity contribution < 1.29 is 18.0 Å². The number of H-pyrrole nitrogens is 2. The molecule has 5 nitrogen and oxygen atoms in total. The van der Waals surface area contributed by atoms with Crippen LogP contribution in [0.25, 0.3) is 39.1 Å². The Kier molecular flexibility index (Phi) is 5.53. The first-order chi connectivity index (χ1) is 16.7. The Morgan fingerprint density at radius 3 is 2.40 bits per heavy atom. The lowest BCUT2D eigenvalue weighted by Gasteiger charge is -2.13. The molecule has 2 aromatic heterocycles. The molecule has 0 radical (unpaired) electrons. The number of halogens is 4. The molecule has 174 valence electrons. The number of nitrogens with zero attached hydrogens (tertiary/aromatic N) is 1. The highest BCUT2D eigenvalue weighted by atomic mass is 35.5. The minimum Gasteiger partial charge on any atom is -0.338 e. The highest BCUT2D eigenvalue weighted by Gasteiger charge is 2.30. The van der Waals surface area contributed by atoms with Crippen LogP contribution in [0.4, 0.5) is 13.2 Å². The SMILES string of the molecule is O=C(C=Cc1nc2ccccc2[nH]1)c1c(-c2ccc(C(F)(F)F)cc2)c2cc(Cl)ccc2[nH]c1=O. The first kappa shape index (κ1) is 22.6. The number of benzene rings is 3. The van der Waals surface area contributed by atoms with Gasteiger partial charge in [-0.25, -0.2) is 4.98 Å². The van der Waals surface area contributed by atoms with Gasteiger partial charge in [0.2, 0.25) is 0 Å². The molecule has 0 saturated carbocycles. The van der Waals surface area contributed by atoms with Crippen molar-refractivity contribution in [2.75, 3.05) is 0 Å². The Morgan fingerprint density at radius 1 is 0.943 bits per heavy atom. The van der Waals surface area contributed by atoms with Crippen LogP contribution < -0.4 is 5.56 Å². The molecule has 0 unspecified atom stereocenters. The summed E-state index contributed by atoms with van der Waals surface area (Å²) in [6.07, 6.45) is -1.88. The Balaban J connectivity index is 1.66. The fraction of sp³-hybridized carbons (Fsp3) is 0.0385. The van der Waals surface area contributed by atoms with Crippen LogP contribution in [0.5, 0.6) is 0 Å². The third kappa shape index (κ3) is 4.36. The van der Waals surface area contributed by atoms with Crippen molar-refractivity contribution in [2.45, 2.75) is 6.18 Å². The maximum atomic E-state index is 13.2. The quantitative estimate of drug-likeness (QED) is 0.217. The van der Waals surface area contributed by atoms with E-state index >= 15 is 0 Å². The van der Waals surface area contributed by atoms with Gasteiger partial charge in [-0.3, -0.25) is 9.59 Å². The second-order valence-electron chi connectivity index (χ2n) is 7.81. The molecule has 0 spiro atoms. The fourth-order valence-corrected chi connectivity index (χ4v) is 4.09. The predicted octanol–water partition coefficient (Wildman–Crippen LogP) is 6.64. The summed E-state index contributed by atoms with van der Waals surface area (Å²) in [6, 6.07) is 16.3. The number of para-hydroxylation sites is 2. The number of pyridine rings is 1. The van der Waals surface area contributed by atoms with Gasteiger partial charge in [-0.15, -0.1) is 0 Å². The van der Waals surface area contributed by atoms with Crippen molar-refractivity contribution in [1.82, 2.24) is 15.0 Å². The Hall–Kier alpha value is -4.17. The van der Waals surface area contributed by atoms with Crippen LogP contribution in [0.1, 0.15) is 21.7 Å². The molecule has 0 amide bonds. The van der Waals surface area contributed by atoms with Crippen LogP contribution in [0.3, 0.4) is 0 Å². The summed E-state index contributed by atoms with van der Waals surface area (Å²) in [7, 11) is 0. The molecule has 9 heteroatoms. The number of carbonyl (C=O) groups is 1. The molecule has 0 aliphatic carbocycles. The summed E-state index contributed by atoms with van der Waals surface area (Å²) < 4.78 is 39.3.